The molecule has 2 heterocycles. The molecule has 2 saturated heterocycles. The van der Waals surface area contributed by atoms with Gasteiger partial charge >= 0.3 is 0 Å². The zero-order valence-electron chi connectivity index (χ0n) is 14.5. The quantitative estimate of drug-likeness (QED) is 0.842. The van der Waals surface area contributed by atoms with Gasteiger partial charge in [0.1, 0.15) is 0 Å². The van der Waals surface area contributed by atoms with E-state index in [9.17, 15) is 14.4 Å². The topological polar surface area (TPSA) is 69.7 Å². The molecular formula is C18H29N3O3. The minimum absolute atomic E-state index is 0.0126. The Balaban J connectivity index is 1.46. The fraction of sp³-hybridized carbons (Fsp3) is 0.833. The Morgan fingerprint density at radius 2 is 1.79 bits per heavy atom. The Bertz CT molecular complexity index is 488. The van der Waals surface area contributed by atoms with Gasteiger partial charge in [0.05, 0.1) is 12.5 Å². The van der Waals surface area contributed by atoms with Gasteiger partial charge in [-0.1, -0.05) is 19.3 Å². The molecule has 0 aromatic rings. The van der Waals surface area contributed by atoms with Crippen LogP contribution in [0.2, 0.25) is 0 Å². The van der Waals surface area contributed by atoms with Crippen LogP contribution < -0.4 is 5.32 Å². The van der Waals surface area contributed by atoms with Gasteiger partial charge in [-0.3, -0.25) is 14.4 Å². The van der Waals surface area contributed by atoms with Crippen LogP contribution in [0, 0.1) is 5.92 Å². The molecule has 0 radical (unpaired) electrons. The van der Waals surface area contributed by atoms with E-state index >= 15 is 0 Å². The number of nitrogens with one attached hydrogen (secondary N) is 1. The number of hydrogen-bond acceptors (Lipinski definition) is 3. The number of rotatable bonds is 4. The van der Waals surface area contributed by atoms with Gasteiger partial charge in [-0.05, 0) is 32.1 Å². The smallest absolute Gasteiger partial charge is 0.242 e. The molecule has 3 amide bonds. The lowest BCUT2D eigenvalue weighted by Gasteiger charge is -2.24. The highest BCUT2D eigenvalue weighted by Gasteiger charge is 2.33. The lowest BCUT2D eigenvalue weighted by atomic mass is 10.1. The summed E-state index contributed by atoms with van der Waals surface area (Å²) in [6.45, 7) is 1.99. The van der Waals surface area contributed by atoms with Crippen LogP contribution in [-0.2, 0) is 14.4 Å². The van der Waals surface area contributed by atoms with E-state index in [1.807, 2.05) is 0 Å². The van der Waals surface area contributed by atoms with Gasteiger partial charge in [0, 0.05) is 32.1 Å². The number of likely N-dealkylation sites (tertiary alicyclic amines) is 2. The van der Waals surface area contributed by atoms with Crippen molar-refractivity contribution in [2.75, 3.05) is 26.2 Å². The summed E-state index contributed by atoms with van der Waals surface area (Å²) in [5.41, 5.74) is 0. The number of carbonyl (C=O) groups is 3. The van der Waals surface area contributed by atoms with Crippen molar-refractivity contribution in [3.8, 4) is 0 Å². The van der Waals surface area contributed by atoms with Crippen LogP contribution in [0.25, 0.3) is 0 Å². The number of carbonyl (C=O) groups excluding carboxylic acids is 3. The molecule has 3 aliphatic rings. The van der Waals surface area contributed by atoms with Crippen molar-refractivity contribution in [2.45, 2.75) is 63.8 Å². The first-order chi connectivity index (χ1) is 11.6. The van der Waals surface area contributed by atoms with Crippen molar-refractivity contribution in [3.05, 3.63) is 0 Å². The SMILES string of the molecule is O=C(NC1CCCC1)C1CCN(C(=O)CN2CCCCCC2=O)C1. The monoisotopic (exact) mass is 335 g/mol. The first-order valence-corrected chi connectivity index (χ1v) is 9.49. The van der Waals surface area contributed by atoms with Crippen molar-refractivity contribution in [3.63, 3.8) is 0 Å². The maximum atomic E-state index is 12.5. The van der Waals surface area contributed by atoms with Gasteiger partial charge in [0.25, 0.3) is 0 Å². The van der Waals surface area contributed by atoms with E-state index in [1.54, 1.807) is 9.80 Å². The molecule has 0 spiro atoms. The highest BCUT2D eigenvalue weighted by molar-refractivity contribution is 5.86. The molecule has 1 atom stereocenters. The Morgan fingerprint density at radius 3 is 2.58 bits per heavy atom. The van der Waals surface area contributed by atoms with E-state index < -0.39 is 0 Å². The predicted molar refractivity (Wildman–Crippen MR) is 90.1 cm³/mol. The molecular weight excluding hydrogens is 306 g/mol. The van der Waals surface area contributed by atoms with Crippen molar-refractivity contribution in [1.29, 1.82) is 0 Å². The van der Waals surface area contributed by atoms with E-state index in [0.29, 0.717) is 32.1 Å². The average molecular weight is 335 g/mol. The summed E-state index contributed by atoms with van der Waals surface area (Å²) in [6.07, 6.45) is 8.81. The molecule has 0 bridgehead atoms. The number of nitrogens with zero attached hydrogens (tertiary/aromatic N) is 2. The normalized spacial score (nSPS) is 25.8. The van der Waals surface area contributed by atoms with Crippen LogP contribution in [0.3, 0.4) is 0 Å². The molecule has 1 saturated carbocycles. The Labute approximate surface area is 143 Å². The molecule has 3 rings (SSSR count). The van der Waals surface area contributed by atoms with Crippen molar-refractivity contribution in [1.82, 2.24) is 15.1 Å². The van der Waals surface area contributed by atoms with Crippen LogP contribution in [-0.4, -0.2) is 59.7 Å². The molecule has 24 heavy (non-hydrogen) atoms. The summed E-state index contributed by atoms with van der Waals surface area (Å²) >= 11 is 0. The molecule has 6 heteroatoms. The summed E-state index contributed by atoms with van der Waals surface area (Å²) < 4.78 is 0. The second-order valence-corrected chi connectivity index (χ2v) is 7.44. The predicted octanol–water partition coefficient (Wildman–Crippen LogP) is 1.30. The molecule has 3 fully saturated rings. The van der Waals surface area contributed by atoms with E-state index in [0.717, 1.165) is 38.5 Å². The number of hydrogen-bond donors (Lipinski definition) is 1. The maximum Gasteiger partial charge on any atom is 0.242 e. The fourth-order valence-electron chi connectivity index (χ4n) is 4.06. The third-order valence-corrected chi connectivity index (χ3v) is 5.61. The Kier molecular flexibility index (Phi) is 5.74. The second kappa shape index (κ2) is 7.99. The summed E-state index contributed by atoms with van der Waals surface area (Å²) in [5.74, 6) is 0.0921. The van der Waals surface area contributed by atoms with Gasteiger partial charge in [0.15, 0.2) is 0 Å². The molecule has 2 aliphatic heterocycles. The van der Waals surface area contributed by atoms with Gasteiger partial charge < -0.3 is 15.1 Å². The van der Waals surface area contributed by atoms with Crippen LogP contribution >= 0.6 is 0 Å². The summed E-state index contributed by atoms with van der Waals surface area (Å²) in [4.78, 5) is 40.3. The van der Waals surface area contributed by atoms with Crippen LogP contribution in [0.5, 0.6) is 0 Å². The van der Waals surface area contributed by atoms with Crippen LogP contribution in [0.4, 0.5) is 0 Å². The van der Waals surface area contributed by atoms with Gasteiger partial charge in [-0.2, -0.15) is 0 Å². The fourth-order valence-corrected chi connectivity index (χ4v) is 4.06. The van der Waals surface area contributed by atoms with Crippen molar-refractivity contribution >= 4 is 17.7 Å². The summed E-state index contributed by atoms with van der Waals surface area (Å²) in [5, 5.41) is 3.14. The molecule has 1 N–H and O–H groups in total. The molecule has 6 nitrogen and oxygen atoms in total. The largest absolute Gasteiger partial charge is 0.353 e. The van der Waals surface area contributed by atoms with E-state index in [-0.39, 0.29) is 30.2 Å². The maximum absolute atomic E-state index is 12.5. The molecule has 1 aliphatic carbocycles. The Morgan fingerprint density at radius 1 is 1.00 bits per heavy atom. The number of amides is 3. The molecule has 0 aromatic heterocycles. The van der Waals surface area contributed by atoms with Gasteiger partial charge in [-0.25, -0.2) is 0 Å². The third kappa shape index (κ3) is 4.28. The van der Waals surface area contributed by atoms with Gasteiger partial charge in [-0.15, -0.1) is 0 Å². The minimum Gasteiger partial charge on any atom is -0.353 e. The summed E-state index contributed by atoms with van der Waals surface area (Å²) in [6, 6.07) is 0.331. The average Bonchev–Trinajstić information content (AvgIpc) is 3.21. The highest BCUT2D eigenvalue weighted by atomic mass is 16.2. The van der Waals surface area contributed by atoms with Gasteiger partial charge in [0.2, 0.25) is 17.7 Å². The van der Waals surface area contributed by atoms with E-state index in [2.05, 4.69) is 5.32 Å². The Hall–Kier alpha value is -1.59. The van der Waals surface area contributed by atoms with E-state index in [1.165, 1.54) is 12.8 Å². The van der Waals surface area contributed by atoms with Crippen LogP contribution in [0.1, 0.15) is 57.8 Å². The lowest BCUT2D eigenvalue weighted by molar-refractivity contribution is -0.139. The zero-order chi connectivity index (χ0) is 16.9. The standard InChI is InChI=1S/C18H29N3O3/c22-16-8-2-1-5-10-20(16)13-17(23)21-11-9-14(12-21)18(24)19-15-6-3-4-7-15/h14-15H,1-13H2,(H,19,24). The minimum atomic E-state index is -0.0885. The van der Waals surface area contributed by atoms with Crippen molar-refractivity contribution < 1.29 is 14.4 Å². The van der Waals surface area contributed by atoms with Crippen molar-refractivity contribution in [2.24, 2.45) is 5.92 Å². The third-order valence-electron chi connectivity index (χ3n) is 5.61. The zero-order valence-corrected chi connectivity index (χ0v) is 14.5. The highest BCUT2D eigenvalue weighted by Crippen LogP contribution is 2.21. The second-order valence-electron chi connectivity index (χ2n) is 7.44. The summed E-state index contributed by atoms with van der Waals surface area (Å²) in [7, 11) is 0. The van der Waals surface area contributed by atoms with E-state index in [4.69, 9.17) is 0 Å². The van der Waals surface area contributed by atoms with Crippen LogP contribution in [0.15, 0.2) is 0 Å². The first-order valence-electron chi connectivity index (χ1n) is 9.49. The molecule has 134 valence electrons. The molecule has 0 aromatic carbocycles. The first kappa shape index (κ1) is 17.2. The molecule has 1 unspecified atom stereocenters. The lowest BCUT2D eigenvalue weighted by Crippen LogP contribution is -2.43.